The molecule has 9 nitrogen and oxygen atoms in total. The summed E-state index contributed by atoms with van der Waals surface area (Å²) in [5, 5.41) is 32.5. The summed E-state index contributed by atoms with van der Waals surface area (Å²) in [4.78, 5) is 19.5. The van der Waals surface area contributed by atoms with Gasteiger partial charge in [-0.3, -0.25) is 0 Å². The summed E-state index contributed by atoms with van der Waals surface area (Å²) in [6, 6.07) is 0. The Balaban J connectivity index is -0.0000000405. The Hall–Kier alpha value is 1.19. The standard InChI is InChI=1S/C4H6O6.K.3H2O.Sb.4H/c5-1(3(7)8)2(6)4(9)10;;;;;;;;;/h1-2,5-6H,(H,7,8)(H,9,10);;3*1H2;;;;;. The van der Waals surface area contributed by atoms with Crippen LogP contribution in [0.5, 0.6) is 0 Å². The predicted octanol–water partition coefficient (Wildman–Crippen LogP) is -6.43. The van der Waals surface area contributed by atoms with E-state index in [1.165, 1.54) is 0 Å². The van der Waals surface area contributed by atoms with Gasteiger partial charge in [-0.05, 0) is 0 Å². The van der Waals surface area contributed by atoms with E-state index in [2.05, 4.69) is 0 Å². The van der Waals surface area contributed by atoms with Crippen molar-refractivity contribution in [2.45, 2.75) is 12.2 Å². The second-order valence-corrected chi connectivity index (χ2v) is 1.57. The van der Waals surface area contributed by atoms with Crippen LogP contribution >= 0.6 is 0 Å². The van der Waals surface area contributed by atoms with Crippen LogP contribution < -0.4 is 0 Å². The van der Waals surface area contributed by atoms with E-state index in [-0.39, 0.29) is 92.2 Å². The van der Waals surface area contributed by atoms with Gasteiger partial charge < -0.3 is 36.9 Å². The summed E-state index contributed by atoms with van der Waals surface area (Å²) in [6.07, 6.45) is -4.53. The maximum absolute atomic E-state index is 9.77. The zero-order valence-corrected chi connectivity index (χ0v) is 11.0. The van der Waals surface area contributed by atoms with Gasteiger partial charge in [-0.25, -0.2) is 9.59 Å². The molecule has 0 fully saturated rings. The Morgan fingerprint density at radius 3 is 1.00 bits per heavy atom. The van der Waals surface area contributed by atoms with Crippen molar-refractivity contribution in [3.63, 3.8) is 0 Å². The van der Waals surface area contributed by atoms with Gasteiger partial charge in [0.15, 0.2) is 12.2 Å². The second-order valence-electron chi connectivity index (χ2n) is 1.57. The summed E-state index contributed by atoms with van der Waals surface area (Å²) in [7, 11) is 0. The zero-order chi connectivity index (χ0) is 8.31. The number of hydrogen-bond acceptors (Lipinski definition) is 4. The van der Waals surface area contributed by atoms with Crippen molar-refractivity contribution in [1.29, 1.82) is 0 Å². The molecule has 0 radical (unpaired) electrons. The number of aliphatic hydroxyl groups excluding tert-OH is 2. The molecule has 0 spiro atoms. The van der Waals surface area contributed by atoms with Crippen LogP contribution in [0.2, 0.25) is 0 Å². The van der Waals surface area contributed by atoms with Crippen molar-refractivity contribution in [3.05, 3.63) is 0 Å². The van der Waals surface area contributed by atoms with E-state index >= 15 is 0 Å². The minimum atomic E-state index is -2.27. The van der Waals surface area contributed by atoms with Crippen LogP contribution in [0.25, 0.3) is 0 Å². The Bertz CT molecular complexity index is 146. The molecule has 0 bridgehead atoms. The molecule has 0 saturated heterocycles. The van der Waals surface area contributed by atoms with Crippen LogP contribution in [0.15, 0.2) is 0 Å². The van der Waals surface area contributed by atoms with Crippen molar-refractivity contribution in [2.24, 2.45) is 0 Å². The normalized spacial score (nSPS) is 10.5. The number of carboxylic acid groups (broad SMARTS) is 2. The molecule has 0 aliphatic rings. The van der Waals surface area contributed by atoms with Gasteiger partial charge in [-0.1, -0.05) is 0 Å². The van der Waals surface area contributed by atoms with E-state index in [9.17, 15) is 9.59 Å². The summed E-state index contributed by atoms with van der Waals surface area (Å²) >= 11 is 0. The molecule has 0 saturated carbocycles. The molecule has 0 rings (SSSR count). The van der Waals surface area contributed by atoms with Crippen molar-refractivity contribution >= 4 is 87.8 Å². The fourth-order valence-corrected chi connectivity index (χ4v) is 0.270. The number of carbonyl (C=O) groups is 2. The predicted molar refractivity (Wildman–Crippen MR) is 55.2 cm³/mol. The number of rotatable bonds is 3. The van der Waals surface area contributed by atoms with Crippen LogP contribution in [0.3, 0.4) is 0 Å². The summed E-state index contributed by atoms with van der Waals surface area (Å²) in [5.74, 6) is -3.54. The van der Waals surface area contributed by atoms with Crippen LogP contribution in [0, 0.1) is 0 Å². The molecule has 15 heavy (non-hydrogen) atoms. The average Bonchev–Trinajstić information content (AvgIpc) is 1.84. The molecule has 0 aromatic carbocycles. The molecule has 0 aliphatic heterocycles. The second kappa shape index (κ2) is 17.6. The van der Waals surface area contributed by atoms with E-state index in [4.69, 9.17) is 20.4 Å². The van der Waals surface area contributed by atoms with Gasteiger partial charge in [0, 0.05) is 0 Å². The van der Waals surface area contributed by atoms with Gasteiger partial charge in [-0.15, -0.1) is 0 Å². The van der Waals surface area contributed by atoms with Crippen LogP contribution in [-0.4, -0.2) is 137 Å². The first-order chi connectivity index (χ1) is 4.46. The van der Waals surface area contributed by atoms with Crippen molar-refractivity contribution in [3.8, 4) is 0 Å². The van der Waals surface area contributed by atoms with Gasteiger partial charge in [0.05, 0.1) is 0 Å². The van der Waals surface area contributed by atoms with Crippen LogP contribution in [0.1, 0.15) is 0 Å². The third-order valence-corrected chi connectivity index (χ3v) is 0.805. The van der Waals surface area contributed by atoms with E-state index in [1.807, 2.05) is 0 Å². The maximum atomic E-state index is 9.77. The molecule has 2 atom stereocenters. The Labute approximate surface area is 144 Å². The molecule has 0 aromatic heterocycles. The molecule has 0 aromatic rings. The minimum absolute atomic E-state index is 0. The first-order valence-corrected chi connectivity index (χ1v) is 2.28. The fraction of sp³-hybridized carbons (Fsp3) is 0.500. The quantitative estimate of drug-likeness (QED) is 0.355. The Morgan fingerprint density at radius 2 is 0.933 bits per heavy atom. The Kier molecular flexibility index (Phi) is 42.2. The average molecular weight is 369 g/mol. The molecular weight excluding hydrogens is 353 g/mol. The van der Waals surface area contributed by atoms with E-state index in [0.29, 0.717) is 0 Å². The summed E-state index contributed by atoms with van der Waals surface area (Å²) in [5.41, 5.74) is 0. The first kappa shape index (κ1) is 36.0. The third kappa shape index (κ3) is 15.2. The summed E-state index contributed by atoms with van der Waals surface area (Å²) < 4.78 is 0. The Morgan fingerprint density at radius 1 is 0.800 bits per heavy atom. The monoisotopic (exact) mass is 368 g/mol. The molecule has 10 N–H and O–H groups in total. The van der Waals surface area contributed by atoms with Gasteiger partial charge >= 0.3 is 87.8 Å². The number of aliphatic hydroxyl groups is 2. The van der Waals surface area contributed by atoms with E-state index in [0.717, 1.165) is 0 Å². The fourth-order valence-electron chi connectivity index (χ4n) is 0.270. The molecule has 2 unspecified atom stereocenters. The van der Waals surface area contributed by atoms with Crippen molar-refractivity contribution < 1.29 is 46.4 Å². The van der Waals surface area contributed by atoms with Gasteiger partial charge in [-0.2, -0.15) is 0 Å². The molecular formula is C4H16KO9Sb. The number of carboxylic acids is 2. The number of aliphatic carboxylic acids is 2. The van der Waals surface area contributed by atoms with E-state index in [1.54, 1.807) is 0 Å². The molecule has 0 aliphatic carbocycles. The zero-order valence-electron chi connectivity index (χ0n) is 6.97. The van der Waals surface area contributed by atoms with Gasteiger partial charge in [0.2, 0.25) is 0 Å². The topological polar surface area (TPSA) is 210 Å². The van der Waals surface area contributed by atoms with Gasteiger partial charge in [0.25, 0.3) is 0 Å². The summed E-state index contributed by atoms with van der Waals surface area (Å²) in [6.45, 7) is 0. The third-order valence-electron chi connectivity index (χ3n) is 0.805. The first-order valence-electron chi connectivity index (χ1n) is 2.28. The molecule has 0 heterocycles. The van der Waals surface area contributed by atoms with E-state index < -0.39 is 24.1 Å². The van der Waals surface area contributed by atoms with Crippen LogP contribution in [0.4, 0.5) is 0 Å². The van der Waals surface area contributed by atoms with Gasteiger partial charge in [0.1, 0.15) is 0 Å². The molecule has 0 amide bonds. The van der Waals surface area contributed by atoms with Crippen molar-refractivity contribution in [2.75, 3.05) is 0 Å². The molecule has 11 heteroatoms. The molecule has 92 valence electrons. The SMILES string of the molecule is O.O.O.O=C(O)C(O)C(O)C(=O)O.[KH].[SbH3]. The van der Waals surface area contributed by atoms with Crippen LogP contribution in [-0.2, 0) is 9.59 Å². The van der Waals surface area contributed by atoms with Crippen molar-refractivity contribution in [1.82, 2.24) is 0 Å². The number of hydrogen-bond donors (Lipinski definition) is 4.